The molecule has 0 aliphatic heterocycles. The van der Waals surface area contributed by atoms with Gasteiger partial charge in [0.2, 0.25) is 0 Å². The topological polar surface area (TPSA) is 44.5 Å². The minimum absolute atomic E-state index is 0.0131. The Morgan fingerprint density at radius 3 is 2.27 bits per heavy atom. The zero-order valence-corrected chi connectivity index (χ0v) is 9.15. The zero-order chi connectivity index (χ0) is 11.6. The summed E-state index contributed by atoms with van der Waals surface area (Å²) in [5.41, 5.74) is 5.55. The number of nitrogen functional groups attached to an aromatic ring is 1. The van der Waals surface area contributed by atoms with E-state index in [-0.39, 0.29) is 15.9 Å². The van der Waals surface area contributed by atoms with Crippen molar-refractivity contribution in [2.75, 3.05) is 12.8 Å². The first-order chi connectivity index (χ1) is 6.85. The second-order valence-corrected chi connectivity index (χ2v) is 3.33. The normalized spacial score (nSPS) is 11.3. The summed E-state index contributed by atoms with van der Waals surface area (Å²) in [7, 11) is 1.36. The molecule has 2 N–H and O–H groups in total. The summed E-state index contributed by atoms with van der Waals surface area (Å²) < 4.78 is 44.3. The predicted molar refractivity (Wildman–Crippen MR) is 51.8 cm³/mol. The van der Waals surface area contributed by atoms with Gasteiger partial charge in [0.25, 0.3) is 0 Å². The van der Waals surface area contributed by atoms with Gasteiger partial charge in [-0.15, -0.1) is 13.2 Å². The molecule has 0 bridgehead atoms. The van der Waals surface area contributed by atoms with Crippen LogP contribution in [0, 0.1) is 0 Å². The largest absolute Gasteiger partial charge is 0.573 e. The molecule has 0 amide bonds. The van der Waals surface area contributed by atoms with Gasteiger partial charge in [0.1, 0.15) is 11.5 Å². The Morgan fingerprint density at radius 2 is 1.80 bits per heavy atom. The third-order valence-corrected chi connectivity index (χ3v) is 2.37. The summed E-state index contributed by atoms with van der Waals surface area (Å²) in [5, 5.41) is 0. The van der Waals surface area contributed by atoms with Crippen LogP contribution in [-0.2, 0) is 0 Å². The van der Waals surface area contributed by atoms with E-state index >= 15 is 0 Å². The second kappa shape index (κ2) is 4.18. The van der Waals surface area contributed by atoms with Crippen molar-refractivity contribution in [3.63, 3.8) is 0 Å². The third-order valence-electron chi connectivity index (χ3n) is 1.55. The Balaban J connectivity index is 3.07. The van der Waals surface area contributed by atoms with Crippen molar-refractivity contribution in [1.29, 1.82) is 0 Å². The quantitative estimate of drug-likeness (QED) is 0.850. The van der Waals surface area contributed by atoms with Crippen LogP contribution in [0.25, 0.3) is 0 Å². The molecule has 0 unspecified atom stereocenters. The number of benzene rings is 1. The van der Waals surface area contributed by atoms with E-state index in [0.29, 0.717) is 0 Å². The molecule has 7 heteroatoms. The molecule has 1 aromatic rings. The van der Waals surface area contributed by atoms with Crippen LogP contribution in [0.4, 0.5) is 18.9 Å². The lowest BCUT2D eigenvalue weighted by molar-refractivity contribution is -0.274. The maximum absolute atomic E-state index is 11.9. The Bertz CT molecular complexity index is 368. The van der Waals surface area contributed by atoms with Gasteiger partial charge in [0.15, 0.2) is 0 Å². The Morgan fingerprint density at radius 1 is 1.27 bits per heavy atom. The van der Waals surface area contributed by atoms with Gasteiger partial charge in [-0.3, -0.25) is 0 Å². The standard InChI is InChI=1S/C8H7BrF3NO2/c1-14-5-3-2-4(6(9)7(5)13)15-8(10,11)12/h2-3H,13H2,1H3. The smallest absolute Gasteiger partial charge is 0.495 e. The van der Waals surface area contributed by atoms with Gasteiger partial charge >= 0.3 is 6.36 Å². The molecule has 3 nitrogen and oxygen atoms in total. The van der Waals surface area contributed by atoms with Crippen LogP contribution in [-0.4, -0.2) is 13.5 Å². The summed E-state index contributed by atoms with van der Waals surface area (Å²) >= 11 is 2.89. The van der Waals surface area contributed by atoms with Crippen LogP contribution in [0.1, 0.15) is 0 Å². The first kappa shape index (κ1) is 12.0. The van der Waals surface area contributed by atoms with Gasteiger partial charge in [-0.1, -0.05) is 0 Å². The molecule has 0 radical (unpaired) electrons. The highest BCUT2D eigenvalue weighted by atomic mass is 79.9. The van der Waals surface area contributed by atoms with Crippen molar-refractivity contribution in [3.05, 3.63) is 16.6 Å². The predicted octanol–water partition coefficient (Wildman–Crippen LogP) is 2.94. The van der Waals surface area contributed by atoms with Crippen LogP contribution < -0.4 is 15.2 Å². The highest BCUT2D eigenvalue weighted by Crippen LogP contribution is 2.39. The van der Waals surface area contributed by atoms with Crippen molar-refractivity contribution in [3.8, 4) is 11.5 Å². The monoisotopic (exact) mass is 285 g/mol. The molecular weight excluding hydrogens is 279 g/mol. The Kier molecular flexibility index (Phi) is 3.33. The minimum atomic E-state index is -4.75. The molecule has 0 saturated carbocycles. The molecule has 1 aromatic carbocycles. The van der Waals surface area contributed by atoms with Crippen molar-refractivity contribution in [2.24, 2.45) is 0 Å². The number of rotatable bonds is 2. The number of hydrogen-bond donors (Lipinski definition) is 1. The van der Waals surface area contributed by atoms with Gasteiger partial charge in [0, 0.05) is 0 Å². The number of ether oxygens (including phenoxy) is 2. The fourth-order valence-corrected chi connectivity index (χ4v) is 1.35. The molecule has 0 aliphatic carbocycles. The maximum atomic E-state index is 11.9. The second-order valence-electron chi connectivity index (χ2n) is 2.54. The highest BCUT2D eigenvalue weighted by Gasteiger charge is 2.32. The van der Waals surface area contributed by atoms with Crippen LogP contribution in [0.2, 0.25) is 0 Å². The van der Waals surface area contributed by atoms with Gasteiger partial charge in [-0.2, -0.15) is 0 Å². The van der Waals surface area contributed by atoms with Gasteiger partial charge in [0.05, 0.1) is 17.3 Å². The van der Waals surface area contributed by atoms with Crippen LogP contribution in [0.15, 0.2) is 16.6 Å². The first-order valence-electron chi connectivity index (χ1n) is 3.73. The third kappa shape index (κ3) is 2.92. The van der Waals surface area contributed by atoms with Gasteiger partial charge in [-0.25, -0.2) is 0 Å². The molecule has 0 heterocycles. The van der Waals surface area contributed by atoms with E-state index in [9.17, 15) is 13.2 Å². The summed E-state index contributed by atoms with van der Waals surface area (Å²) in [6.07, 6.45) is -4.75. The molecule has 15 heavy (non-hydrogen) atoms. The molecule has 84 valence electrons. The van der Waals surface area contributed by atoms with Crippen molar-refractivity contribution in [1.82, 2.24) is 0 Å². The van der Waals surface area contributed by atoms with E-state index in [1.54, 1.807) is 0 Å². The highest BCUT2D eigenvalue weighted by molar-refractivity contribution is 9.10. The molecular formula is C8H7BrF3NO2. The van der Waals surface area contributed by atoms with Crippen molar-refractivity contribution >= 4 is 21.6 Å². The molecule has 0 aliphatic rings. The van der Waals surface area contributed by atoms with Crippen LogP contribution in [0.3, 0.4) is 0 Å². The maximum Gasteiger partial charge on any atom is 0.573 e. The van der Waals surface area contributed by atoms with E-state index in [1.807, 2.05) is 0 Å². The first-order valence-corrected chi connectivity index (χ1v) is 4.52. The van der Waals surface area contributed by atoms with Crippen LogP contribution >= 0.6 is 15.9 Å². The molecule has 0 saturated heterocycles. The minimum Gasteiger partial charge on any atom is -0.495 e. The van der Waals surface area contributed by atoms with Gasteiger partial charge < -0.3 is 15.2 Å². The number of hydrogen-bond acceptors (Lipinski definition) is 3. The van der Waals surface area contributed by atoms with E-state index in [0.717, 1.165) is 6.07 Å². The number of methoxy groups -OCH3 is 1. The average molecular weight is 286 g/mol. The van der Waals surface area contributed by atoms with E-state index in [4.69, 9.17) is 10.5 Å². The number of halogens is 4. The van der Waals surface area contributed by atoms with E-state index < -0.39 is 12.1 Å². The summed E-state index contributed by atoms with van der Waals surface area (Å²) in [5.74, 6) is -0.128. The SMILES string of the molecule is COc1ccc(OC(F)(F)F)c(Br)c1N. The number of nitrogens with two attached hydrogens (primary N) is 1. The van der Waals surface area contributed by atoms with Crippen molar-refractivity contribution < 1.29 is 22.6 Å². The summed E-state index contributed by atoms with van der Waals surface area (Å²) in [6, 6.07) is 2.41. The lowest BCUT2D eigenvalue weighted by Gasteiger charge is -2.13. The van der Waals surface area contributed by atoms with E-state index in [2.05, 4.69) is 20.7 Å². The number of alkyl halides is 3. The lowest BCUT2D eigenvalue weighted by Crippen LogP contribution is -2.17. The Labute approximate surface area is 92.1 Å². The molecule has 1 rings (SSSR count). The lowest BCUT2D eigenvalue weighted by atomic mass is 10.3. The van der Waals surface area contributed by atoms with Crippen LogP contribution in [0.5, 0.6) is 11.5 Å². The summed E-state index contributed by atoms with van der Waals surface area (Å²) in [4.78, 5) is 0. The molecule has 0 atom stereocenters. The van der Waals surface area contributed by atoms with Gasteiger partial charge in [-0.05, 0) is 28.1 Å². The fourth-order valence-electron chi connectivity index (χ4n) is 0.937. The van der Waals surface area contributed by atoms with E-state index in [1.165, 1.54) is 13.2 Å². The fraction of sp³-hybridized carbons (Fsp3) is 0.250. The summed E-state index contributed by atoms with van der Waals surface area (Å²) in [6.45, 7) is 0. The average Bonchev–Trinajstić information content (AvgIpc) is 2.11. The Hall–Kier alpha value is -1.11. The van der Waals surface area contributed by atoms with Crippen molar-refractivity contribution in [2.45, 2.75) is 6.36 Å². The zero-order valence-electron chi connectivity index (χ0n) is 7.56. The molecule has 0 spiro atoms. The molecule has 0 aromatic heterocycles. The molecule has 0 fully saturated rings. The number of anilines is 1.